The van der Waals surface area contributed by atoms with Crippen LogP contribution in [0.1, 0.15) is 6.42 Å². The van der Waals surface area contributed by atoms with Crippen LogP contribution in [-0.4, -0.2) is 31.5 Å². The molecule has 3 nitrogen and oxygen atoms in total. The van der Waals surface area contributed by atoms with Crippen molar-refractivity contribution >= 4 is 5.69 Å². The summed E-state index contributed by atoms with van der Waals surface area (Å²) in [5.74, 6) is -9.96. The number of halogens is 5. The fraction of sp³-hybridized carbons (Fsp3) is 0.455. The molecule has 0 fully saturated rings. The maximum absolute atomic E-state index is 13.2. The lowest BCUT2D eigenvalue weighted by Gasteiger charge is -2.10. The third-order valence-corrected chi connectivity index (χ3v) is 2.21. The van der Waals surface area contributed by atoms with E-state index in [-0.39, 0.29) is 32.8 Å². The number of ether oxygens (including phenoxy) is 1. The molecule has 19 heavy (non-hydrogen) atoms. The summed E-state index contributed by atoms with van der Waals surface area (Å²) < 4.78 is 69.6. The summed E-state index contributed by atoms with van der Waals surface area (Å²) in [5, 5.41) is 10.5. The summed E-state index contributed by atoms with van der Waals surface area (Å²) in [6.07, 6.45) is 0.277. The number of aliphatic hydroxyl groups is 1. The molecule has 0 radical (unpaired) electrons. The van der Waals surface area contributed by atoms with Crippen LogP contribution in [0.4, 0.5) is 27.6 Å². The molecule has 0 saturated carbocycles. The van der Waals surface area contributed by atoms with Crippen molar-refractivity contribution in [1.29, 1.82) is 0 Å². The normalized spacial score (nSPS) is 10.8. The first kappa shape index (κ1) is 15.6. The Kier molecular flexibility index (Phi) is 5.97. The fourth-order valence-corrected chi connectivity index (χ4v) is 1.31. The first-order valence-corrected chi connectivity index (χ1v) is 5.44. The van der Waals surface area contributed by atoms with Crippen molar-refractivity contribution in [2.45, 2.75) is 6.42 Å². The molecule has 0 saturated heterocycles. The van der Waals surface area contributed by atoms with Gasteiger partial charge in [-0.3, -0.25) is 0 Å². The van der Waals surface area contributed by atoms with E-state index in [2.05, 4.69) is 5.32 Å². The Morgan fingerprint density at radius 3 is 1.89 bits per heavy atom. The largest absolute Gasteiger partial charge is 0.394 e. The minimum atomic E-state index is -2.19. The molecule has 0 atom stereocenters. The van der Waals surface area contributed by atoms with Crippen LogP contribution in [0.3, 0.4) is 0 Å². The summed E-state index contributed by atoms with van der Waals surface area (Å²) >= 11 is 0. The van der Waals surface area contributed by atoms with Crippen molar-refractivity contribution in [2.75, 3.05) is 31.7 Å². The van der Waals surface area contributed by atoms with Gasteiger partial charge in [0.1, 0.15) is 5.69 Å². The van der Waals surface area contributed by atoms with Crippen molar-refractivity contribution in [3.63, 3.8) is 0 Å². The maximum atomic E-state index is 13.2. The predicted octanol–water partition coefficient (Wildman–Crippen LogP) is 2.19. The molecule has 0 heterocycles. The Hall–Kier alpha value is -1.41. The molecule has 8 heteroatoms. The van der Waals surface area contributed by atoms with Crippen molar-refractivity contribution in [3.05, 3.63) is 29.1 Å². The quantitative estimate of drug-likeness (QED) is 0.349. The summed E-state index contributed by atoms with van der Waals surface area (Å²) in [4.78, 5) is 0. The zero-order chi connectivity index (χ0) is 14.4. The Morgan fingerprint density at radius 1 is 0.842 bits per heavy atom. The van der Waals surface area contributed by atoms with Gasteiger partial charge in [0.15, 0.2) is 23.3 Å². The minimum Gasteiger partial charge on any atom is -0.394 e. The van der Waals surface area contributed by atoms with Gasteiger partial charge in [0.25, 0.3) is 0 Å². The first-order valence-electron chi connectivity index (χ1n) is 5.44. The molecular formula is C11H12F5NO2. The number of anilines is 1. The van der Waals surface area contributed by atoms with E-state index in [1.807, 2.05) is 0 Å². The molecule has 0 aliphatic rings. The Labute approximate surface area is 106 Å². The number of rotatable bonds is 7. The molecular weight excluding hydrogens is 273 g/mol. The van der Waals surface area contributed by atoms with E-state index >= 15 is 0 Å². The SMILES string of the molecule is OCCOCCCNc1c(F)c(F)c(F)c(F)c1F. The van der Waals surface area contributed by atoms with Gasteiger partial charge in [0.2, 0.25) is 5.82 Å². The van der Waals surface area contributed by atoms with Gasteiger partial charge in [-0.25, -0.2) is 22.0 Å². The Balaban J connectivity index is 2.64. The van der Waals surface area contributed by atoms with Crippen molar-refractivity contribution in [3.8, 4) is 0 Å². The molecule has 0 unspecified atom stereocenters. The van der Waals surface area contributed by atoms with E-state index in [1.165, 1.54) is 0 Å². The highest BCUT2D eigenvalue weighted by Crippen LogP contribution is 2.26. The van der Waals surface area contributed by atoms with Gasteiger partial charge >= 0.3 is 0 Å². The van der Waals surface area contributed by atoms with Gasteiger partial charge in [0.05, 0.1) is 13.2 Å². The van der Waals surface area contributed by atoms with Crippen LogP contribution >= 0.6 is 0 Å². The third kappa shape index (κ3) is 3.77. The molecule has 1 rings (SSSR count). The van der Waals surface area contributed by atoms with E-state index in [9.17, 15) is 22.0 Å². The van der Waals surface area contributed by atoms with E-state index in [0.717, 1.165) is 0 Å². The Morgan fingerprint density at radius 2 is 1.37 bits per heavy atom. The molecule has 108 valence electrons. The van der Waals surface area contributed by atoms with Crippen molar-refractivity contribution in [2.24, 2.45) is 0 Å². The topological polar surface area (TPSA) is 41.5 Å². The zero-order valence-corrected chi connectivity index (χ0v) is 9.78. The van der Waals surface area contributed by atoms with E-state index in [1.54, 1.807) is 0 Å². The standard InChI is InChI=1S/C11H12F5NO2/c12-6-7(13)9(15)11(10(16)8(6)14)17-2-1-4-19-5-3-18/h17-18H,1-5H2. The second-order valence-electron chi connectivity index (χ2n) is 3.56. The summed E-state index contributed by atoms with van der Waals surface area (Å²) in [5.41, 5.74) is -1.06. The lowest BCUT2D eigenvalue weighted by molar-refractivity contribution is 0.0921. The molecule has 0 amide bonds. The van der Waals surface area contributed by atoms with Crippen LogP contribution in [0.15, 0.2) is 0 Å². The lowest BCUT2D eigenvalue weighted by atomic mass is 10.2. The van der Waals surface area contributed by atoms with E-state index < -0.39 is 34.8 Å². The van der Waals surface area contributed by atoms with Gasteiger partial charge in [0, 0.05) is 13.2 Å². The van der Waals surface area contributed by atoms with Gasteiger partial charge in [-0.2, -0.15) is 0 Å². The predicted molar refractivity (Wildman–Crippen MR) is 57.2 cm³/mol. The molecule has 1 aromatic carbocycles. The average molecular weight is 285 g/mol. The van der Waals surface area contributed by atoms with Crippen LogP contribution in [0.2, 0.25) is 0 Å². The molecule has 0 spiro atoms. The third-order valence-electron chi connectivity index (χ3n) is 2.21. The number of aliphatic hydroxyl groups excluding tert-OH is 1. The smallest absolute Gasteiger partial charge is 0.200 e. The minimum absolute atomic E-state index is 0.0379. The molecule has 0 aliphatic heterocycles. The monoisotopic (exact) mass is 285 g/mol. The number of benzene rings is 1. The van der Waals surface area contributed by atoms with Crippen LogP contribution in [-0.2, 0) is 4.74 Å². The van der Waals surface area contributed by atoms with E-state index in [4.69, 9.17) is 9.84 Å². The van der Waals surface area contributed by atoms with Crippen LogP contribution < -0.4 is 5.32 Å². The second kappa shape index (κ2) is 7.25. The zero-order valence-electron chi connectivity index (χ0n) is 9.78. The second-order valence-corrected chi connectivity index (χ2v) is 3.56. The average Bonchev–Trinajstić information content (AvgIpc) is 2.41. The molecule has 0 aromatic heterocycles. The summed E-state index contributed by atoms with van der Waals surface area (Å²) in [6, 6.07) is 0. The van der Waals surface area contributed by atoms with Gasteiger partial charge in [-0.1, -0.05) is 0 Å². The van der Waals surface area contributed by atoms with Crippen LogP contribution in [0.25, 0.3) is 0 Å². The molecule has 1 aromatic rings. The van der Waals surface area contributed by atoms with Crippen molar-refractivity contribution in [1.82, 2.24) is 0 Å². The van der Waals surface area contributed by atoms with Crippen LogP contribution in [0, 0.1) is 29.1 Å². The van der Waals surface area contributed by atoms with Gasteiger partial charge < -0.3 is 15.2 Å². The number of hydrogen-bond donors (Lipinski definition) is 2. The van der Waals surface area contributed by atoms with E-state index in [0.29, 0.717) is 0 Å². The van der Waals surface area contributed by atoms with Gasteiger partial charge in [-0.15, -0.1) is 0 Å². The lowest BCUT2D eigenvalue weighted by Crippen LogP contribution is -2.12. The fourth-order valence-electron chi connectivity index (χ4n) is 1.31. The molecule has 0 bridgehead atoms. The highest BCUT2D eigenvalue weighted by molar-refractivity contribution is 5.47. The number of hydrogen-bond acceptors (Lipinski definition) is 3. The first-order chi connectivity index (χ1) is 9.00. The highest BCUT2D eigenvalue weighted by atomic mass is 19.2. The molecule has 2 N–H and O–H groups in total. The van der Waals surface area contributed by atoms with Crippen molar-refractivity contribution < 1.29 is 31.8 Å². The summed E-state index contributed by atoms with van der Waals surface area (Å²) in [6.45, 7) is 0.0976. The van der Waals surface area contributed by atoms with Gasteiger partial charge in [-0.05, 0) is 6.42 Å². The maximum Gasteiger partial charge on any atom is 0.200 e. The Bertz CT molecular complexity index is 413. The number of nitrogens with one attached hydrogen (secondary N) is 1. The van der Waals surface area contributed by atoms with Crippen LogP contribution in [0.5, 0.6) is 0 Å². The highest BCUT2D eigenvalue weighted by Gasteiger charge is 2.25. The summed E-state index contributed by atoms with van der Waals surface area (Å²) in [7, 11) is 0. The molecule has 0 aliphatic carbocycles.